The summed E-state index contributed by atoms with van der Waals surface area (Å²) in [4.78, 5) is 17.0. The molecule has 4 saturated carbocycles. The molecule has 4 aliphatic rings. The molecule has 2 atom stereocenters. The predicted octanol–water partition coefficient (Wildman–Crippen LogP) is 1.99. The summed E-state index contributed by atoms with van der Waals surface area (Å²) in [5, 5.41) is 4.20. The van der Waals surface area contributed by atoms with E-state index in [1.807, 2.05) is 0 Å². The van der Waals surface area contributed by atoms with Crippen molar-refractivity contribution >= 4 is 11.7 Å². The van der Waals surface area contributed by atoms with Crippen molar-refractivity contribution in [2.45, 2.75) is 32.1 Å². The van der Waals surface area contributed by atoms with Gasteiger partial charge in [-0.3, -0.25) is 4.79 Å². The van der Waals surface area contributed by atoms with Gasteiger partial charge in [0.2, 0.25) is 0 Å². The molecule has 0 saturated heterocycles. The summed E-state index contributed by atoms with van der Waals surface area (Å²) < 4.78 is 5.02. The van der Waals surface area contributed by atoms with Crippen molar-refractivity contribution in [2.75, 3.05) is 14.2 Å². The first-order chi connectivity index (χ1) is 8.18. The summed E-state index contributed by atoms with van der Waals surface area (Å²) in [6.07, 6.45) is 5.20. The maximum absolute atomic E-state index is 12.0. The first-order valence-electron chi connectivity index (χ1n) is 6.38. The van der Waals surface area contributed by atoms with Crippen LogP contribution in [-0.2, 0) is 14.4 Å². The maximum atomic E-state index is 12.0. The lowest BCUT2D eigenvalue weighted by molar-refractivity contribution is -0.162. The fourth-order valence-electron chi connectivity index (χ4n) is 4.49. The van der Waals surface area contributed by atoms with Gasteiger partial charge in [-0.25, -0.2) is 0 Å². The third-order valence-electron chi connectivity index (χ3n) is 4.84. The van der Waals surface area contributed by atoms with Crippen molar-refractivity contribution in [3.63, 3.8) is 0 Å². The van der Waals surface area contributed by atoms with E-state index >= 15 is 0 Å². The van der Waals surface area contributed by atoms with E-state index in [2.05, 4.69) is 5.16 Å². The van der Waals surface area contributed by atoms with E-state index in [0.717, 1.165) is 19.3 Å². The minimum atomic E-state index is -0.210. The summed E-state index contributed by atoms with van der Waals surface area (Å²) in [5.41, 5.74) is 0.987. The molecule has 4 aliphatic carbocycles. The van der Waals surface area contributed by atoms with E-state index in [4.69, 9.17) is 9.57 Å². The minimum Gasteiger partial charge on any atom is -0.469 e. The number of carbonyl (C=O) groups is 1. The van der Waals surface area contributed by atoms with Crippen LogP contribution in [0.2, 0.25) is 0 Å². The molecule has 0 amide bonds. The third kappa shape index (κ3) is 1.49. The molecular formula is C13H19NO3. The quantitative estimate of drug-likeness (QED) is 0.545. The van der Waals surface area contributed by atoms with Crippen LogP contribution in [0.4, 0.5) is 0 Å². The minimum absolute atomic E-state index is 0.00614. The van der Waals surface area contributed by atoms with Crippen LogP contribution in [0, 0.1) is 23.2 Å². The van der Waals surface area contributed by atoms with Crippen molar-refractivity contribution in [2.24, 2.45) is 28.3 Å². The Bertz CT molecular complexity index is 359. The van der Waals surface area contributed by atoms with Crippen LogP contribution in [0.15, 0.2) is 5.16 Å². The van der Waals surface area contributed by atoms with Gasteiger partial charge < -0.3 is 9.57 Å². The lowest BCUT2D eigenvalue weighted by Crippen LogP contribution is -2.54. The van der Waals surface area contributed by atoms with Crippen LogP contribution in [0.1, 0.15) is 32.1 Å². The van der Waals surface area contributed by atoms with Crippen molar-refractivity contribution in [3.05, 3.63) is 0 Å². The van der Waals surface area contributed by atoms with Crippen LogP contribution in [-0.4, -0.2) is 25.9 Å². The van der Waals surface area contributed by atoms with Gasteiger partial charge in [0.1, 0.15) is 7.11 Å². The molecule has 0 aliphatic heterocycles. The van der Waals surface area contributed by atoms with Crippen molar-refractivity contribution in [1.29, 1.82) is 0 Å². The summed E-state index contributed by atoms with van der Waals surface area (Å²) in [6.45, 7) is 0. The normalized spacial score (nSPS) is 42.5. The zero-order valence-electron chi connectivity index (χ0n) is 10.4. The predicted molar refractivity (Wildman–Crippen MR) is 62.4 cm³/mol. The highest BCUT2D eigenvalue weighted by atomic mass is 16.6. The number of rotatable bonds is 2. The smallest absolute Gasteiger partial charge is 0.311 e. The van der Waals surface area contributed by atoms with Gasteiger partial charge in [0.15, 0.2) is 0 Å². The van der Waals surface area contributed by atoms with Crippen LogP contribution in [0.25, 0.3) is 0 Å². The Morgan fingerprint density at radius 3 is 2.41 bits per heavy atom. The Kier molecular flexibility index (Phi) is 2.42. The standard InChI is InChI=1S/C13H19NO3/c1-16-12(15)13-5-8-3-9(6-13)11(14-17-2)10(4-8)7-13/h8-10H,3-7H2,1-2H3. The molecular weight excluding hydrogens is 218 g/mol. The zero-order chi connectivity index (χ0) is 12.0. The van der Waals surface area contributed by atoms with E-state index in [1.165, 1.54) is 25.7 Å². The fourth-order valence-corrected chi connectivity index (χ4v) is 4.49. The number of nitrogens with zero attached hydrogens (tertiary/aromatic N) is 1. The lowest BCUT2D eigenvalue weighted by atomic mass is 9.49. The Balaban J connectivity index is 1.92. The van der Waals surface area contributed by atoms with Gasteiger partial charge in [-0.1, -0.05) is 5.16 Å². The molecule has 4 heteroatoms. The van der Waals surface area contributed by atoms with Crippen LogP contribution < -0.4 is 0 Å². The van der Waals surface area contributed by atoms with Gasteiger partial charge >= 0.3 is 5.97 Å². The summed E-state index contributed by atoms with van der Waals surface area (Å²) >= 11 is 0. The highest BCUT2D eigenvalue weighted by Gasteiger charge is 2.58. The Labute approximate surface area is 101 Å². The SMILES string of the molecule is CON=C1C2CC3CC1CC(C(=O)OC)(C3)C2. The Morgan fingerprint density at radius 2 is 1.88 bits per heavy atom. The number of esters is 1. The Hall–Kier alpha value is -1.06. The van der Waals surface area contributed by atoms with E-state index in [1.54, 1.807) is 7.11 Å². The van der Waals surface area contributed by atoms with Crippen molar-refractivity contribution in [1.82, 2.24) is 0 Å². The fraction of sp³-hybridized carbons (Fsp3) is 0.846. The molecule has 4 fully saturated rings. The first-order valence-corrected chi connectivity index (χ1v) is 6.38. The summed E-state index contributed by atoms with van der Waals surface area (Å²) in [7, 11) is 3.11. The largest absolute Gasteiger partial charge is 0.469 e. The van der Waals surface area contributed by atoms with Crippen molar-refractivity contribution < 1.29 is 14.4 Å². The van der Waals surface area contributed by atoms with Crippen LogP contribution in [0.3, 0.4) is 0 Å². The molecule has 17 heavy (non-hydrogen) atoms. The molecule has 0 N–H and O–H groups in total. The number of ether oxygens (including phenoxy) is 1. The molecule has 0 heterocycles. The van der Waals surface area contributed by atoms with E-state index in [9.17, 15) is 4.79 Å². The number of oxime groups is 1. The molecule has 0 spiro atoms. The van der Waals surface area contributed by atoms with Gasteiger partial charge in [0, 0.05) is 11.8 Å². The average Bonchev–Trinajstić information content (AvgIpc) is 2.32. The third-order valence-corrected chi connectivity index (χ3v) is 4.84. The number of hydrogen-bond donors (Lipinski definition) is 0. The number of methoxy groups -OCH3 is 1. The molecule has 0 aromatic carbocycles. The van der Waals surface area contributed by atoms with Crippen molar-refractivity contribution in [3.8, 4) is 0 Å². The summed E-state index contributed by atoms with van der Waals surface area (Å²) in [6, 6.07) is 0. The van der Waals surface area contributed by atoms with Gasteiger partial charge in [-0.15, -0.1) is 0 Å². The highest BCUT2D eigenvalue weighted by molar-refractivity contribution is 5.93. The summed E-state index contributed by atoms with van der Waals surface area (Å²) in [5.74, 6) is 1.57. The maximum Gasteiger partial charge on any atom is 0.311 e. The molecule has 94 valence electrons. The topological polar surface area (TPSA) is 47.9 Å². The zero-order valence-corrected chi connectivity index (χ0v) is 10.4. The van der Waals surface area contributed by atoms with Gasteiger partial charge in [-0.05, 0) is 38.0 Å². The molecule has 0 aromatic rings. The van der Waals surface area contributed by atoms with E-state index in [-0.39, 0.29) is 11.4 Å². The molecule has 4 bridgehead atoms. The second-order valence-electron chi connectivity index (χ2n) is 5.81. The average molecular weight is 237 g/mol. The molecule has 0 aromatic heterocycles. The molecule has 4 rings (SSSR count). The highest BCUT2D eigenvalue weighted by Crippen LogP contribution is 2.59. The lowest BCUT2D eigenvalue weighted by Gasteiger charge is -2.55. The number of carbonyl (C=O) groups excluding carboxylic acids is 1. The van der Waals surface area contributed by atoms with Gasteiger partial charge in [0.25, 0.3) is 0 Å². The monoisotopic (exact) mass is 237 g/mol. The van der Waals surface area contributed by atoms with E-state index in [0.29, 0.717) is 17.8 Å². The van der Waals surface area contributed by atoms with Gasteiger partial charge in [-0.2, -0.15) is 0 Å². The van der Waals surface area contributed by atoms with E-state index < -0.39 is 0 Å². The Morgan fingerprint density at radius 1 is 1.24 bits per heavy atom. The molecule has 2 unspecified atom stereocenters. The second kappa shape index (κ2) is 3.72. The number of hydrogen-bond acceptors (Lipinski definition) is 4. The second-order valence-corrected chi connectivity index (χ2v) is 5.81. The van der Waals surface area contributed by atoms with Crippen LogP contribution in [0.5, 0.6) is 0 Å². The van der Waals surface area contributed by atoms with Crippen LogP contribution >= 0.6 is 0 Å². The van der Waals surface area contributed by atoms with Gasteiger partial charge in [0.05, 0.1) is 18.2 Å². The molecule has 0 radical (unpaired) electrons. The molecule has 4 nitrogen and oxygen atoms in total. The first kappa shape index (κ1) is 11.1.